The lowest BCUT2D eigenvalue weighted by Crippen LogP contribution is -2.51. The second-order valence-corrected chi connectivity index (χ2v) is 8.54. The third-order valence-electron chi connectivity index (χ3n) is 5.43. The van der Waals surface area contributed by atoms with Crippen molar-refractivity contribution in [3.8, 4) is 5.75 Å². The van der Waals surface area contributed by atoms with E-state index in [-0.39, 0.29) is 23.6 Å². The van der Waals surface area contributed by atoms with Crippen LogP contribution < -0.4 is 4.74 Å². The molecule has 2 fully saturated rings. The Hall–Kier alpha value is -2.24. The van der Waals surface area contributed by atoms with Gasteiger partial charge in [-0.15, -0.1) is 0 Å². The summed E-state index contributed by atoms with van der Waals surface area (Å²) in [5.74, 6) is 0.448. The van der Waals surface area contributed by atoms with E-state index in [9.17, 15) is 9.59 Å². The fourth-order valence-corrected chi connectivity index (χ4v) is 3.74. The molecule has 0 aromatic heterocycles. The standard InChI is InChI=1S/C20H25NO5/c1-19(2,3)26-18(23)21-9-8-20(6-7-20)16(11-21)25-14-4-5-15-13(10-14)12-24-17(15)22/h4-5,10,16H,6-9,11-12H2,1-3H3. The van der Waals surface area contributed by atoms with E-state index >= 15 is 0 Å². The van der Waals surface area contributed by atoms with Gasteiger partial charge in [0.05, 0.1) is 12.1 Å². The zero-order chi connectivity index (χ0) is 18.5. The molecule has 1 saturated carbocycles. The van der Waals surface area contributed by atoms with E-state index in [1.165, 1.54) is 0 Å². The van der Waals surface area contributed by atoms with Crippen molar-refractivity contribution >= 4 is 12.1 Å². The van der Waals surface area contributed by atoms with Gasteiger partial charge in [0, 0.05) is 17.5 Å². The molecule has 140 valence electrons. The molecule has 1 atom stereocenters. The van der Waals surface area contributed by atoms with E-state index in [0.717, 1.165) is 30.6 Å². The summed E-state index contributed by atoms with van der Waals surface area (Å²) in [6.45, 7) is 7.16. The average molecular weight is 359 g/mol. The number of amides is 1. The minimum atomic E-state index is -0.505. The first-order valence-corrected chi connectivity index (χ1v) is 9.20. The van der Waals surface area contributed by atoms with Gasteiger partial charge in [0.25, 0.3) is 0 Å². The molecule has 1 aromatic carbocycles. The van der Waals surface area contributed by atoms with Crippen molar-refractivity contribution < 1.29 is 23.8 Å². The predicted octanol–water partition coefficient (Wildman–Crippen LogP) is 3.53. The molecule has 6 nitrogen and oxygen atoms in total. The van der Waals surface area contributed by atoms with Gasteiger partial charge in [-0.05, 0) is 58.2 Å². The van der Waals surface area contributed by atoms with Crippen LogP contribution in [-0.4, -0.2) is 41.8 Å². The molecule has 4 rings (SSSR count). The number of nitrogens with zero attached hydrogens (tertiary/aromatic N) is 1. The zero-order valence-electron chi connectivity index (χ0n) is 15.5. The highest BCUT2D eigenvalue weighted by Crippen LogP contribution is 2.55. The fraction of sp³-hybridized carbons (Fsp3) is 0.600. The molecule has 0 radical (unpaired) electrons. The van der Waals surface area contributed by atoms with Crippen molar-refractivity contribution in [1.82, 2.24) is 4.90 Å². The monoisotopic (exact) mass is 359 g/mol. The maximum Gasteiger partial charge on any atom is 0.410 e. The van der Waals surface area contributed by atoms with Crippen LogP contribution in [0.2, 0.25) is 0 Å². The van der Waals surface area contributed by atoms with Crippen molar-refractivity contribution in [2.24, 2.45) is 5.41 Å². The summed E-state index contributed by atoms with van der Waals surface area (Å²) in [6, 6.07) is 5.45. The number of likely N-dealkylation sites (tertiary alicyclic amines) is 1. The highest BCUT2D eigenvalue weighted by atomic mass is 16.6. The highest BCUT2D eigenvalue weighted by molar-refractivity contribution is 5.93. The molecule has 3 aliphatic rings. The van der Waals surface area contributed by atoms with Crippen LogP contribution in [-0.2, 0) is 16.1 Å². The third kappa shape index (κ3) is 3.24. The Kier molecular flexibility index (Phi) is 3.90. The maximum absolute atomic E-state index is 12.4. The van der Waals surface area contributed by atoms with Crippen LogP contribution in [0, 0.1) is 5.41 Å². The number of benzene rings is 1. The summed E-state index contributed by atoms with van der Waals surface area (Å²) in [4.78, 5) is 25.8. The Bertz CT molecular complexity index is 747. The topological polar surface area (TPSA) is 65.1 Å². The Labute approximate surface area is 153 Å². The summed E-state index contributed by atoms with van der Waals surface area (Å²) >= 11 is 0. The molecular weight excluding hydrogens is 334 g/mol. The van der Waals surface area contributed by atoms with E-state index in [2.05, 4.69) is 0 Å². The number of esters is 1. The molecular formula is C20H25NO5. The van der Waals surface area contributed by atoms with Crippen molar-refractivity contribution in [3.63, 3.8) is 0 Å². The summed E-state index contributed by atoms with van der Waals surface area (Å²) in [5.41, 5.74) is 1.13. The first-order chi connectivity index (χ1) is 12.3. The van der Waals surface area contributed by atoms with Crippen LogP contribution in [0.15, 0.2) is 18.2 Å². The first kappa shape index (κ1) is 17.2. The second kappa shape index (κ2) is 5.89. The largest absolute Gasteiger partial charge is 0.488 e. The number of ether oxygens (including phenoxy) is 3. The molecule has 26 heavy (non-hydrogen) atoms. The van der Waals surface area contributed by atoms with Gasteiger partial charge in [-0.25, -0.2) is 9.59 Å². The maximum atomic E-state index is 12.4. The normalized spacial score (nSPS) is 23.4. The van der Waals surface area contributed by atoms with Crippen LogP contribution in [0.3, 0.4) is 0 Å². The lowest BCUT2D eigenvalue weighted by Gasteiger charge is -2.39. The number of piperidine rings is 1. The number of fused-ring (bicyclic) bond motifs is 1. The Morgan fingerprint density at radius 1 is 1.27 bits per heavy atom. The van der Waals surface area contributed by atoms with Gasteiger partial charge < -0.3 is 19.1 Å². The van der Waals surface area contributed by atoms with Crippen LogP contribution >= 0.6 is 0 Å². The molecule has 0 N–H and O–H groups in total. The van der Waals surface area contributed by atoms with E-state index in [0.29, 0.717) is 25.3 Å². The Morgan fingerprint density at radius 2 is 2.04 bits per heavy atom. The van der Waals surface area contributed by atoms with Crippen LogP contribution in [0.1, 0.15) is 56.0 Å². The van der Waals surface area contributed by atoms with Gasteiger partial charge in [0.2, 0.25) is 0 Å². The van der Waals surface area contributed by atoms with Crippen LogP contribution in [0.25, 0.3) is 0 Å². The molecule has 2 aliphatic heterocycles. The van der Waals surface area contributed by atoms with Gasteiger partial charge in [-0.2, -0.15) is 0 Å². The van der Waals surface area contributed by atoms with Gasteiger partial charge in [-0.1, -0.05) is 0 Å². The Morgan fingerprint density at radius 3 is 2.73 bits per heavy atom. The lowest BCUT2D eigenvalue weighted by atomic mass is 9.90. The smallest absolute Gasteiger partial charge is 0.410 e. The number of hydrogen-bond donors (Lipinski definition) is 0. The zero-order valence-corrected chi connectivity index (χ0v) is 15.5. The van der Waals surface area contributed by atoms with Crippen LogP contribution in [0.5, 0.6) is 5.75 Å². The summed E-state index contributed by atoms with van der Waals surface area (Å²) in [6.07, 6.45) is 2.86. The lowest BCUT2D eigenvalue weighted by molar-refractivity contribution is -0.0109. The molecule has 1 aromatic rings. The number of carbonyl (C=O) groups excluding carboxylic acids is 2. The number of cyclic esters (lactones) is 1. The van der Waals surface area contributed by atoms with Gasteiger partial charge >= 0.3 is 12.1 Å². The molecule has 1 spiro atoms. The average Bonchev–Trinajstić information content (AvgIpc) is 3.25. The summed E-state index contributed by atoms with van der Waals surface area (Å²) in [7, 11) is 0. The minimum absolute atomic E-state index is 0.0557. The third-order valence-corrected chi connectivity index (χ3v) is 5.43. The second-order valence-electron chi connectivity index (χ2n) is 8.54. The van der Waals surface area contributed by atoms with Crippen molar-refractivity contribution in [2.45, 2.75) is 58.3 Å². The van der Waals surface area contributed by atoms with Gasteiger partial charge in [0.15, 0.2) is 0 Å². The molecule has 6 heteroatoms. The molecule has 1 aliphatic carbocycles. The number of rotatable bonds is 2. The highest BCUT2D eigenvalue weighted by Gasteiger charge is 2.54. The molecule has 1 amide bonds. The molecule has 1 saturated heterocycles. The Balaban J connectivity index is 1.48. The van der Waals surface area contributed by atoms with Gasteiger partial charge in [-0.3, -0.25) is 0 Å². The summed E-state index contributed by atoms with van der Waals surface area (Å²) in [5, 5.41) is 0. The number of carbonyl (C=O) groups is 2. The first-order valence-electron chi connectivity index (χ1n) is 9.20. The van der Waals surface area contributed by atoms with Crippen LogP contribution in [0.4, 0.5) is 4.79 Å². The van der Waals surface area contributed by atoms with Crippen molar-refractivity contribution in [1.29, 1.82) is 0 Å². The van der Waals surface area contributed by atoms with Crippen molar-refractivity contribution in [3.05, 3.63) is 29.3 Å². The van der Waals surface area contributed by atoms with Crippen molar-refractivity contribution in [2.75, 3.05) is 13.1 Å². The molecule has 2 heterocycles. The summed E-state index contributed by atoms with van der Waals surface area (Å²) < 4.78 is 16.9. The van der Waals surface area contributed by atoms with Gasteiger partial charge in [0.1, 0.15) is 24.1 Å². The SMILES string of the molecule is CC(C)(C)OC(=O)N1CCC2(CC2)C(Oc2ccc3c(c2)COC3=O)C1. The number of hydrogen-bond acceptors (Lipinski definition) is 5. The fourth-order valence-electron chi connectivity index (χ4n) is 3.74. The predicted molar refractivity (Wildman–Crippen MR) is 94.1 cm³/mol. The van der Waals surface area contributed by atoms with E-state index in [1.807, 2.05) is 32.9 Å². The molecule has 0 bridgehead atoms. The molecule has 1 unspecified atom stereocenters. The van der Waals surface area contributed by atoms with E-state index < -0.39 is 5.60 Å². The quantitative estimate of drug-likeness (QED) is 0.756. The van der Waals surface area contributed by atoms with E-state index in [4.69, 9.17) is 14.2 Å². The van der Waals surface area contributed by atoms with E-state index in [1.54, 1.807) is 11.0 Å². The minimum Gasteiger partial charge on any atom is -0.488 e.